The molecule has 0 unspecified atom stereocenters. The number of thioether (sulfide) groups is 1. The fraction of sp³-hybridized carbons (Fsp3) is 0.200. The van der Waals surface area contributed by atoms with E-state index in [4.69, 9.17) is 5.73 Å². The minimum absolute atomic E-state index is 0.479. The number of urea groups is 1. The van der Waals surface area contributed by atoms with E-state index in [0.717, 1.165) is 22.4 Å². The van der Waals surface area contributed by atoms with Gasteiger partial charge in [0, 0.05) is 11.3 Å². The van der Waals surface area contributed by atoms with Gasteiger partial charge in [-0.25, -0.2) is 4.79 Å². The summed E-state index contributed by atoms with van der Waals surface area (Å²) >= 11 is 1.21. The van der Waals surface area contributed by atoms with Crippen LogP contribution in [0, 0.1) is 13.8 Å². The molecule has 1 aromatic heterocycles. The second-order valence-electron chi connectivity index (χ2n) is 6.46. The number of carbonyl (C=O) groups excluding carboxylic acids is 2. The van der Waals surface area contributed by atoms with Crippen LogP contribution in [-0.2, 0) is 4.79 Å². The molecule has 0 bridgehead atoms. The Bertz CT molecular complexity index is 996. The second kappa shape index (κ2) is 8.26. The zero-order valence-corrected chi connectivity index (χ0v) is 16.7. The zero-order valence-electron chi connectivity index (χ0n) is 15.8. The van der Waals surface area contributed by atoms with Crippen molar-refractivity contribution < 1.29 is 9.59 Å². The van der Waals surface area contributed by atoms with Gasteiger partial charge in [0.1, 0.15) is 0 Å². The van der Waals surface area contributed by atoms with Crippen molar-refractivity contribution in [1.29, 1.82) is 0 Å². The average Bonchev–Trinajstić information content (AvgIpc) is 3.06. The molecule has 0 aliphatic rings. The van der Waals surface area contributed by atoms with Gasteiger partial charge in [-0.1, -0.05) is 59.3 Å². The van der Waals surface area contributed by atoms with Gasteiger partial charge in [0.2, 0.25) is 5.91 Å². The molecule has 3 amide bonds. The predicted octanol–water partition coefficient (Wildman–Crippen LogP) is 3.23. The molecule has 0 fully saturated rings. The minimum atomic E-state index is -0.877. The zero-order chi connectivity index (χ0) is 20.3. The Morgan fingerprint density at radius 3 is 2.14 bits per heavy atom. The van der Waals surface area contributed by atoms with Crippen molar-refractivity contribution in [1.82, 2.24) is 20.1 Å². The van der Waals surface area contributed by atoms with E-state index in [1.807, 2.05) is 66.9 Å². The number of aryl methyl sites for hydroxylation is 2. The maximum absolute atomic E-state index is 12.1. The highest BCUT2D eigenvalue weighted by atomic mass is 32.2. The number of hydrogen-bond donors (Lipinski definition) is 2. The molecule has 0 radical (unpaired) electrons. The molecular formula is C20H21N5O2S. The first kappa shape index (κ1) is 19.6. The molecule has 3 N–H and O–H groups in total. The van der Waals surface area contributed by atoms with Crippen molar-refractivity contribution in [2.45, 2.75) is 31.2 Å². The first-order valence-electron chi connectivity index (χ1n) is 8.71. The molecule has 0 aliphatic heterocycles. The smallest absolute Gasteiger partial charge is 0.318 e. The topological polar surface area (TPSA) is 103 Å². The summed E-state index contributed by atoms with van der Waals surface area (Å²) in [6.45, 7) is 5.72. The van der Waals surface area contributed by atoms with E-state index >= 15 is 0 Å². The van der Waals surface area contributed by atoms with E-state index < -0.39 is 17.2 Å². The third-order valence-electron chi connectivity index (χ3n) is 4.13. The van der Waals surface area contributed by atoms with Gasteiger partial charge >= 0.3 is 6.03 Å². The van der Waals surface area contributed by atoms with Gasteiger partial charge in [-0.3, -0.25) is 14.7 Å². The van der Waals surface area contributed by atoms with Crippen molar-refractivity contribution in [3.8, 4) is 17.1 Å². The van der Waals surface area contributed by atoms with Crippen molar-refractivity contribution in [2.24, 2.45) is 5.73 Å². The summed E-state index contributed by atoms with van der Waals surface area (Å²) in [4.78, 5) is 23.0. The van der Waals surface area contributed by atoms with E-state index in [0.29, 0.717) is 11.0 Å². The Balaban J connectivity index is 2.02. The molecule has 2 aromatic carbocycles. The lowest BCUT2D eigenvalue weighted by molar-refractivity contribution is -0.119. The highest BCUT2D eigenvalue weighted by molar-refractivity contribution is 8.00. The summed E-state index contributed by atoms with van der Waals surface area (Å²) in [6.07, 6.45) is 0. The molecule has 1 heterocycles. The Hall–Kier alpha value is -3.13. The van der Waals surface area contributed by atoms with E-state index in [1.54, 1.807) is 6.92 Å². The minimum Gasteiger partial charge on any atom is -0.351 e. The molecule has 0 aliphatic carbocycles. The highest BCUT2D eigenvalue weighted by Gasteiger charge is 2.22. The van der Waals surface area contributed by atoms with Crippen LogP contribution < -0.4 is 11.1 Å². The van der Waals surface area contributed by atoms with Crippen LogP contribution in [-0.4, -0.2) is 32.0 Å². The largest absolute Gasteiger partial charge is 0.351 e. The molecule has 0 saturated carbocycles. The number of nitrogens with zero attached hydrogens (tertiary/aromatic N) is 3. The second-order valence-corrected chi connectivity index (χ2v) is 7.76. The fourth-order valence-corrected chi connectivity index (χ4v) is 3.46. The SMILES string of the molecule is Cc1ccc(-c2nnc(S[C@@H](C)C(=O)NC(N)=O)n2-c2ccc(C)cc2)cc1. The number of benzene rings is 2. The molecule has 3 rings (SSSR count). The average molecular weight is 395 g/mol. The number of aromatic nitrogens is 3. The summed E-state index contributed by atoms with van der Waals surface area (Å²) in [7, 11) is 0. The highest BCUT2D eigenvalue weighted by Crippen LogP contribution is 2.30. The number of hydrogen-bond acceptors (Lipinski definition) is 5. The first-order chi connectivity index (χ1) is 13.3. The lowest BCUT2D eigenvalue weighted by Crippen LogP contribution is -2.39. The van der Waals surface area contributed by atoms with Crippen molar-refractivity contribution >= 4 is 23.7 Å². The van der Waals surface area contributed by atoms with E-state index in [-0.39, 0.29) is 0 Å². The summed E-state index contributed by atoms with van der Waals surface area (Å²) < 4.78 is 1.91. The van der Waals surface area contributed by atoms with Crippen LogP contribution in [0.2, 0.25) is 0 Å². The maximum atomic E-state index is 12.1. The van der Waals surface area contributed by atoms with Crippen LogP contribution in [0.1, 0.15) is 18.1 Å². The van der Waals surface area contributed by atoms with Crippen LogP contribution >= 0.6 is 11.8 Å². The van der Waals surface area contributed by atoms with Crippen molar-refractivity contribution in [3.63, 3.8) is 0 Å². The Kier molecular flexibility index (Phi) is 5.79. The van der Waals surface area contributed by atoms with Crippen molar-refractivity contribution in [2.75, 3.05) is 0 Å². The monoisotopic (exact) mass is 395 g/mol. The third-order valence-corrected chi connectivity index (χ3v) is 5.18. The normalized spacial score (nSPS) is 11.8. The molecule has 1 atom stereocenters. The molecule has 8 heteroatoms. The lowest BCUT2D eigenvalue weighted by atomic mass is 10.1. The van der Waals surface area contributed by atoms with Crippen LogP contribution in [0.4, 0.5) is 4.79 Å². The molecular weight excluding hydrogens is 374 g/mol. The number of nitrogens with two attached hydrogens (primary N) is 1. The Morgan fingerprint density at radius 2 is 1.57 bits per heavy atom. The molecule has 28 heavy (non-hydrogen) atoms. The van der Waals surface area contributed by atoms with E-state index in [9.17, 15) is 9.59 Å². The maximum Gasteiger partial charge on any atom is 0.318 e. The summed E-state index contributed by atoms with van der Waals surface area (Å²) in [5, 5.41) is 10.7. The third kappa shape index (κ3) is 4.40. The first-order valence-corrected chi connectivity index (χ1v) is 9.59. The van der Waals surface area contributed by atoms with Crippen molar-refractivity contribution in [3.05, 3.63) is 59.7 Å². The Morgan fingerprint density at radius 1 is 1.00 bits per heavy atom. The molecule has 144 valence electrons. The summed E-state index contributed by atoms with van der Waals surface area (Å²) in [5.41, 5.74) is 9.13. The van der Waals surface area contributed by atoms with E-state index in [1.165, 1.54) is 11.8 Å². The molecule has 3 aromatic rings. The number of rotatable bonds is 5. The quantitative estimate of drug-likeness (QED) is 0.646. The molecule has 0 saturated heterocycles. The summed E-state index contributed by atoms with van der Waals surface area (Å²) in [6, 6.07) is 15.1. The van der Waals surface area contributed by atoms with Gasteiger partial charge in [-0.05, 0) is 32.9 Å². The molecule has 0 spiro atoms. The van der Waals surface area contributed by atoms with Crippen LogP contribution in [0.15, 0.2) is 53.7 Å². The summed E-state index contributed by atoms with van der Waals surface area (Å²) in [5.74, 6) is 0.196. The number of imide groups is 1. The standard InChI is InChI=1S/C20H21N5O2S/c1-12-4-8-15(9-5-12)17-23-24-20(28-14(3)18(26)22-19(21)27)25(17)16-10-6-13(2)7-11-16/h4-11,14H,1-3H3,(H3,21,22,26,27)/t14-/m0/s1. The van der Waals surface area contributed by atoms with Gasteiger partial charge in [-0.15, -0.1) is 10.2 Å². The van der Waals surface area contributed by atoms with Gasteiger partial charge in [0.15, 0.2) is 11.0 Å². The van der Waals surface area contributed by atoms with Crippen LogP contribution in [0.5, 0.6) is 0 Å². The van der Waals surface area contributed by atoms with Gasteiger partial charge in [-0.2, -0.15) is 0 Å². The number of carbonyl (C=O) groups is 2. The molecule has 7 nitrogen and oxygen atoms in total. The predicted molar refractivity (Wildman–Crippen MR) is 109 cm³/mol. The van der Waals surface area contributed by atoms with Gasteiger partial charge in [0.25, 0.3) is 0 Å². The van der Waals surface area contributed by atoms with Gasteiger partial charge < -0.3 is 5.73 Å². The number of nitrogens with one attached hydrogen (secondary N) is 1. The number of amides is 3. The van der Waals surface area contributed by atoms with Crippen LogP contribution in [0.3, 0.4) is 0 Å². The van der Waals surface area contributed by atoms with Crippen LogP contribution in [0.25, 0.3) is 17.1 Å². The lowest BCUT2D eigenvalue weighted by Gasteiger charge is -2.13. The number of primary amides is 1. The van der Waals surface area contributed by atoms with E-state index in [2.05, 4.69) is 15.5 Å². The Labute approximate surface area is 167 Å². The van der Waals surface area contributed by atoms with Gasteiger partial charge in [0.05, 0.1) is 5.25 Å². The fourth-order valence-electron chi connectivity index (χ4n) is 2.60.